The number of amides is 1. The van der Waals surface area contributed by atoms with Crippen LogP contribution in [0.25, 0.3) is 0 Å². The van der Waals surface area contributed by atoms with E-state index in [0.29, 0.717) is 28.5 Å². The maximum atomic E-state index is 12.7. The molecule has 1 amide bonds. The molecule has 1 aromatic heterocycles. The van der Waals surface area contributed by atoms with E-state index in [0.717, 1.165) is 5.01 Å². The fraction of sp³-hybridized carbons (Fsp3) is 0.176. The van der Waals surface area contributed by atoms with Crippen LogP contribution in [0.15, 0.2) is 53.6 Å². The van der Waals surface area contributed by atoms with E-state index in [4.69, 9.17) is 20.5 Å². The summed E-state index contributed by atoms with van der Waals surface area (Å²) in [5.74, 6) is 0.336. The minimum absolute atomic E-state index is 0.0157. The van der Waals surface area contributed by atoms with Crippen molar-refractivity contribution >= 4 is 29.0 Å². The number of aryl methyl sites for hydroxylation is 1. The zero-order chi connectivity index (χ0) is 21.2. The van der Waals surface area contributed by atoms with Crippen molar-refractivity contribution in [2.24, 2.45) is 7.05 Å². The molecule has 0 saturated heterocycles. The third kappa shape index (κ3) is 3.75. The van der Waals surface area contributed by atoms with E-state index < -0.39 is 6.98 Å². The second-order valence-electron chi connectivity index (χ2n) is 5.37. The lowest BCUT2D eigenvalue weighted by atomic mass is 10.1. The number of benzene rings is 1. The number of ether oxygens (including phenoxy) is 1. The Hall–Kier alpha value is -3.13. The van der Waals surface area contributed by atoms with E-state index in [-0.39, 0.29) is 11.1 Å². The molecule has 3 rings (SSSR count). The van der Waals surface area contributed by atoms with Gasteiger partial charge in [-0.15, -0.1) is 0 Å². The van der Waals surface area contributed by atoms with Crippen molar-refractivity contribution in [3.63, 3.8) is 0 Å². The number of carbonyl (C=O) groups excluding carboxylic acids is 1. The number of anilines is 2. The maximum Gasteiger partial charge on any atom is 0.260 e. The van der Waals surface area contributed by atoms with Crippen LogP contribution in [0.2, 0.25) is 0 Å². The van der Waals surface area contributed by atoms with Gasteiger partial charge in [0.05, 0.1) is 24.1 Å². The van der Waals surface area contributed by atoms with E-state index >= 15 is 0 Å². The molecule has 0 aliphatic carbocycles. The predicted octanol–water partition coefficient (Wildman–Crippen LogP) is 2.46. The number of para-hydroxylation sites is 1. The number of hydrogen-bond donors (Lipinski definition) is 3. The van der Waals surface area contributed by atoms with Crippen molar-refractivity contribution in [2.45, 2.75) is 0 Å². The Morgan fingerprint density at radius 3 is 2.92 bits per heavy atom. The van der Waals surface area contributed by atoms with Crippen LogP contribution >= 0.6 is 11.6 Å². The van der Waals surface area contributed by atoms with Gasteiger partial charge < -0.3 is 20.8 Å². The Kier molecular flexibility index (Phi) is 4.01. The molecule has 3 N–H and O–H groups in total. The Morgan fingerprint density at radius 1 is 1.42 bits per heavy atom. The van der Waals surface area contributed by atoms with Crippen LogP contribution in [-0.2, 0) is 7.05 Å². The number of rotatable bonds is 5. The van der Waals surface area contributed by atoms with Gasteiger partial charge in [0.25, 0.3) is 5.91 Å². The smallest absolute Gasteiger partial charge is 0.260 e. The molecule has 136 valence electrons. The van der Waals surface area contributed by atoms with Crippen LogP contribution in [0.5, 0.6) is 5.75 Å². The van der Waals surface area contributed by atoms with Gasteiger partial charge in [0.1, 0.15) is 5.16 Å². The number of allylic oxidation sites excluding steroid dienone is 1. The lowest BCUT2D eigenvalue weighted by molar-refractivity contribution is 0.102. The Bertz CT molecular complexity index is 986. The molecule has 0 unspecified atom stereocenters. The zero-order valence-corrected chi connectivity index (χ0v) is 14.8. The third-order valence-corrected chi connectivity index (χ3v) is 3.81. The first-order valence-electron chi connectivity index (χ1n) is 9.08. The molecule has 9 heteroatoms. The summed E-state index contributed by atoms with van der Waals surface area (Å²) in [6.07, 6.45) is 4.61. The third-order valence-electron chi connectivity index (χ3n) is 3.54. The highest BCUT2D eigenvalue weighted by Crippen LogP contribution is 2.31. The van der Waals surface area contributed by atoms with Gasteiger partial charge in [-0.05, 0) is 18.2 Å². The van der Waals surface area contributed by atoms with Crippen LogP contribution in [0, 0.1) is 0 Å². The van der Waals surface area contributed by atoms with Crippen LogP contribution < -0.4 is 20.8 Å². The van der Waals surface area contributed by atoms with Crippen molar-refractivity contribution in [2.75, 3.05) is 24.7 Å². The molecule has 0 bridgehead atoms. The lowest BCUT2D eigenvalue weighted by Gasteiger charge is -2.24. The molecule has 0 radical (unpaired) electrons. The number of halogens is 1. The van der Waals surface area contributed by atoms with Gasteiger partial charge >= 0.3 is 0 Å². The lowest BCUT2D eigenvalue weighted by Crippen LogP contribution is -2.31. The van der Waals surface area contributed by atoms with Gasteiger partial charge in [0.2, 0.25) is 0 Å². The summed E-state index contributed by atoms with van der Waals surface area (Å²) in [5.41, 5.74) is 3.88. The van der Waals surface area contributed by atoms with Crippen molar-refractivity contribution in [1.82, 2.24) is 20.2 Å². The van der Waals surface area contributed by atoms with E-state index in [1.165, 1.54) is 19.4 Å². The van der Waals surface area contributed by atoms with Crippen LogP contribution in [0.1, 0.15) is 14.5 Å². The van der Waals surface area contributed by atoms with Gasteiger partial charge in [-0.2, -0.15) is 5.10 Å². The highest BCUT2D eigenvalue weighted by atomic mass is 35.5. The van der Waals surface area contributed by atoms with Crippen molar-refractivity contribution in [3.05, 3.63) is 59.2 Å². The number of methoxy groups -OCH3 is 1. The summed E-state index contributed by atoms with van der Waals surface area (Å²) in [6, 6.07) is 6.70. The molecule has 8 nitrogen and oxygen atoms in total. The molecule has 2 aromatic rings. The number of aromatic nitrogens is 2. The second kappa shape index (κ2) is 7.40. The predicted molar refractivity (Wildman–Crippen MR) is 101 cm³/mol. The van der Waals surface area contributed by atoms with Gasteiger partial charge in [-0.25, -0.2) is 0 Å². The summed E-state index contributed by atoms with van der Waals surface area (Å²) in [7, 11) is 3.20. The minimum Gasteiger partial charge on any atom is -0.494 e. The zero-order valence-electron chi connectivity index (χ0n) is 17.1. The van der Waals surface area contributed by atoms with Crippen LogP contribution in [0.3, 0.4) is 0 Å². The summed E-state index contributed by atoms with van der Waals surface area (Å²) in [6.45, 7) is -2.43. The van der Waals surface area contributed by atoms with Gasteiger partial charge in [0.15, 0.2) is 11.6 Å². The average Bonchev–Trinajstić information content (AvgIpc) is 3.05. The number of hydrazine groups is 1. The summed E-state index contributed by atoms with van der Waals surface area (Å²) < 4.78 is 29.3. The summed E-state index contributed by atoms with van der Waals surface area (Å²) >= 11 is 6.06. The fourth-order valence-corrected chi connectivity index (χ4v) is 2.52. The quantitative estimate of drug-likeness (QED) is 0.694. The van der Waals surface area contributed by atoms with E-state index in [9.17, 15) is 4.79 Å². The molecule has 0 spiro atoms. The Balaban J connectivity index is 1.82. The van der Waals surface area contributed by atoms with Crippen molar-refractivity contribution < 1.29 is 13.6 Å². The molecule has 1 aromatic carbocycles. The van der Waals surface area contributed by atoms with Crippen LogP contribution in [0.4, 0.5) is 11.5 Å². The normalized spacial score (nSPS) is 15.7. The Labute approximate surface area is 160 Å². The highest BCUT2D eigenvalue weighted by molar-refractivity contribution is 6.29. The SMILES string of the molecule is [2H]C([2H])([2H])N1NC=C(Nc2cccc(C(=O)Nc3ccn(C)n3)c2OC)C=C1Cl. The fourth-order valence-electron chi connectivity index (χ4n) is 2.36. The summed E-state index contributed by atoms with van der Waals surface area (Å²) in [5, 5.41) is 10.7. The first-order valence-corrected chi connectivity index (χ1v) is 7.95. The van der Waals surface area contributed by atoms with Gasteiger partial charge in [-0.3, -0.25) is 14.5 Å². The molecule has 0 atom stereocenters. The molecular weight excluding hydrogens is 356 g/mol. The van der Waals surface area contributed by atoms with Crippen molar-refractivity contribution in [3.8, 4) is 5.75 Å². The van der Waals surface area contributed by atoms with Gasteiger partial charge in [0, 0.05) is 36.6 Å². The largest absolute Gasteiger partial charge is 0.494 e. The number of hydrogen-bond acceptors (Lipinski definition) is 6. The molecule has 1 aliphatic rings. The Morgan fingerprint density at radius 2 is 2.27 bits per heavy atom. The first kappa shape index (κ1) is 14.1. The number of carbonyl (C=O) groups is 1. The molecule has 0 fully saturated rings. The highest BCUT2D eigenvalue weighted by Gasteiger charge is 2.18. The summed E-state index contributed by atoms with van der Waals surface area (Å²) in [4.78, 5) is 12.7. The molecule has 1 aliphatic heterocycles. The van der Waals surface area contributed by atoms with Crippen molar-refractivity contribution in [1.29, 1.82) is 0 Å². The van der Waals surface area contributed by atoms with E-state index in [2.05, 4.69) is 21.2 Å². The van der Waals surface area contributed by atoms with E-state index in [1.54, 1.807) is 42.2 Å². The monoisotopic (exact) mass is 377 g/mol. The molecule has 0 saturated carbocycles. The molecular formula is C17H19ClN6O2. The van der Waals surface area contributed by atoms with Gasteiger partial charge in [-0.1, -0.05) is 17.7 Å². The average molecular weight is 378 g/mol. The standard InChI is InChI=1S/C17H19ClN6O2/c1-23-8-7-15(22-23)21-17(25)12-5-4-6-13(16(12)26-3)20-11-9-14(18)24(2)19-10-11/h4-10,19-20H,1-3H3,(H,21,22,25)/i2D3. The van der Waals surface area contributed by atoms with E-state index in [1.807, 2.05) is 0 Å². The number of nitrogens with zero attached hydrogens (tertiary/aromatic N) is 3. The molecule has 2 heterocycles. The molecule has 26 heavy (non-hydrogen) atoms. The number of nitrogens with one attached hydrogen (secondary N) is 3. The first-order chi connectivity index (χ1) is 13.7. The minimum atomic E-state index is -2.43. The topological polar surface area (TPSA) is 83.5 Å². The second-order valence-corrected chi connectivity index (χ2v) is 5.76. The van der Waals surface area contributed by atoms with Crippen LogP contribution in [-0.4, -0.2) is 34.8 Å². The maximum absolute atomic E-state index is 12.7.